The van der Waals surface area contributed by atoms with Crippen LogP contribution in [0, 0.1) is 5.82 Å². The Kier molecular flexibility index (Phi) is 1.73. The van der Waals surface area contributed by atoms with Crippen molar-refractivity contribution < 1.29 is 13.9 Å². The quantitative estimate of drug-likeness (QED) is 0.629. The summed E-state index contributed by atoms with van der Waals surface area (Å²) in [4.78, 5) is 0. The van der Waals surface area contributed by atoms with Gasteiger partial charge in [0.2, 0.25) is 0 Å². The lowest BCUT2D eigenvalue weighted by Gasteiger charge is -2.02. The van der Waals surface area contributed by atoms with E-state index in [1.807, 2.05) is 0 Å². The van der Waals surface area contributed by atoms with Crippen LogP contribution in [0.3, 0.4) is 0 Å². The van der Waals surface area contributed by atoms with Crippen molar-refractivity contribution in [3.63, 3.8) is 0 Å². The molecule has 0 aromatic heterocycles. The normalized spacial score (nSPS) is 20.7. The molecule has 0 amide bonds. The van der Waals surface area contributed by atoms with Gasteiger partial charge in [-0.25, -0.2) is 4.39 Å². The zero-order valence-electron chi connectivity index (χ0n) is 6.71. The molecule has 64 valence electrons. The molecule has 1 aliphatic heterocycles. The summed E-state index contributed by atoms with van der Waals surface area (Å²) in [6, 6.07) is 4.79. The smallest absolute Gasteiger partial charge is 0.165 e. The van der Waals surface area contributed by atoms with Crippen LogP contribution in [0.2, 0.25) is 0 Å². The summed E-state index contributed by atoms with van der Waals surface area (Å²) in [6.45, 7) is 0.731. The van der Waals surface area contributed by atoms with Crippen LogP contribution >= 0.6 is 0 Å². The summed E-state index contributed by atoms with van der Waals surface area (Å²) in [6.07, 6.45) is 0.152. The van der Waals surface area contributed by atoms with Crippen molar-refractivity contribution in [3.8, 4) is 5.75 Å². The van der Waals surface area contributed by atoms with Crippen LogP contribution in [-0.4, -0.2) is 13.7 Å². The fourth-order valence-electron chi connectivity index (χ4n) is 1.12. The van der Waals surface area contributed by atoms with E-state index in [4.69, 9.17) is 9.47 Å². The molecule has 1 aromatic carbocycles. The van der Waals surface area contributed by atoms with E-state index in [2.05, 4.69) is 0 Å². The zero-order chi connectivity index (χ0) is 8.55. The van der Waals surface area contributed by atoms with E-state index in [9.17, 15) is 4.39 Å². The topological polar surface area (TPSA) is 21.8 Å². The number of halogens is 1. The number of epoxide rings is 1. The fourth-order valence-corrected chi connectivity index (χ4v) is 1.12. The number of rotatable bonds is 2. The van der Waals surface area contributed by atoms with E-state index < -0.39 is 0 Å². The molecule has 1 aliphatic rings. The summed E-state index contributed by atoms with van der Waals surface area (Å²) >= 11 is 0. The first-order valence-electron chi connectivity index (χ1n) is 3.76. The Bertz CT molecular complexity index is 295. The lowest BCUT2D eigenvalue weighted by molar-refractivity contribution is 0.382. The third-order valence-corrected chi connectivity index (χ3v) is 1.88. The lowest BCUT2D eigenvalue weighted by atomic mass is 10.1. The molecule has 1 saturated heterocycles. The molecule has 0 aliphatic carbocycles. The highest BCUT2D eigenvalue weighted by atomic mass is 19.1. The number of ether oxygens (including phenoxy) is 2. The number of benzene rings is 1. The standard InChI is InChI=1S/C9H9FO2/c1-11-8-4-6(9-5-12-9)2-3-7(8)10/h2-4,9H,5H2,1H3. The maximum absolute atomic E-state index is 12.9. The number of methoxy groups -OCH3 is 1. The highest BCUT2D eigenvalue weighted by molar-refractivity contribution is 5.32. The van der Waals surface area contributed by atoms with E-state index in [0.29, 0.717) is 0 Å². The van der Waals surface area contributed by atoms with Gasteiger partial charge in [0.15, 0.2) is 11.6 Å². The molecule has 0 bridgehead atoms. The lowest BCUT2D eigenvalue weighted by Crippen LogP contribution is -1.90. The second-order valence-electron chi connectivity index (χ2n) is 2.72. The first-order chi connectivity index (χ1) is 5.81. The van der Waals surface area contributed by atoms with Gasteiger partial charge in [-0.1, -0.05) is 6.07 Å². The summed E-state index contributed by atoms with van der Waals surface area (Å²) in [7, 11) is 1.45. The summed E-state index contributed by atoms with van der Waals surface area (Å²) in [5.41, 5.74) is 0.980. The Morgan fingerprint density at radius 3 is 2.92 bits per heavy atom. The molecule has 0 spiro atoms. The van der Waals surface area contributed by atoms with E-state index in [1.54, 1.807) is 12.1 Å². The zero-order valence-corrected chi connectivity index (χ0v) is 6.71. The van der Waals surface area contributed by atoms with Gasteiger partial charge >= 0.3 is 0 Å². The van der Waals surface area contributed by atoms with Crippen molar-refractivity contribution in [3.05, 3.63) is 29.6 Å². The van der Waals surface area contributed by atoms with E-state index in [0.717, 1.165) is 12.2 Å². The molecule has 0 radical (unpaired) electrons. The third-order valence-electron chi connectivity index (χ3n) is 1.88. The molecule has 1 atom stereocenters. The maximum atomic E-state index is 12.9. The minimum atomic E-state index is -0.332. The van der Waals surface area contributed by atoms with E-state index in [1.165, 1.54) is 13.2 Å². The predicted octanol–water partition coefficient (Wildman–Crippen LogP) is 1.91. The first kappa shape index (κ1) is 7.55. The molecule has 12 heavy (non-hydrogen) atoms. The monoisotopic (exact) mass is 168 g/mol. The predicted molar refractivity (Wildman–Crippen MR) is 41.6 cm³/mol. The van der Waals surface area contributed by atoms with Gasteiger partial charge in [-0.05, 0) is 17.7 Å². The van der Waals surface area contributed by atoms with Crippen LogP contribution < -0.4 is 4.74 Å². The minimum absolute atomic E-state index is 0.152. The first-order valence-corrected chi connectivity index (χ1v) is 3.76. The molecule has 0 saturated carbocycles. The Labute approximate surface area is 69.9 Å². The summed E-state index contributed by atoms with van der Waals surface area (Å²) < 4.78 is 22.8. The van der Waals surface area contributed by atoms with Crippen LogP contribution in [0.15, 0.2) is 18.2 Å². The minimum Gasteiger partial charge on any atom is -0.494 e. The van der Waals surface area contributed by atoms with Crippen molar-refractivity contribution >= 4 is 0 Å². The fraction of sp³-hybridized carbons (Fsp3) is 0.333. The van der Waals surface area contributed by atoms with Gasteiger partial charge < -0.3 is 9.47 Å². The van der Waals surface area contributed by atoms with Crippen LogP contribution in [0.4, 0.5) is 4.39 Å². The van der Waals surface area contributed by atoms with Gasteiger partial charge in [-0.2, -0.15) is 0 Å². The van der Waals surface area contributed by atoms with Gasteiger partial charge in [-0.15, -0.1) is 0 Å². The highest BCUT2D eigenvalue weighted by Gasteiger charge is 2.25. The number of hydrogen-bond acceptors (Lipinski definition) is 2. The Morgan fingerprint density at radius 1 is 1.58 bits per heavy atom. The Hall–Kier alpha value is -1.09. The average Bonchev–Trinajstić information content (AvgIpc) is 2.88. The van der Waals surface area contributed by atoms with Crippen LogP contribution in [0.5, 0.6) is 5.75 Å². The van der Waals surface area contributed by atoms with Crippen LogP contribution in [-0.2, 0) is 4.74 Å². The highest BCUT2D eigenvalue weighted by Crippen LogP contribution is 2.32. The van der Waals surface area contributed by atoms with E-state index in [-0.39, 0.29) is 17.7 Å². The third kappa shape index (κ3) is 1.28. The molecule has 0 N–H and O–H groups in total. The van der Waals surface area contributed by atoms with Crippen molar-refractivity contribution in [2.45, 2.75) is 6.10 Å². The second kappa shape index (κ2) is 2.75. The molecular formula is C9H9FO2. The van der Waals surface area contributed by atoms with Gasteiger partial charge in [-0.3, -0.25) is 0 Å². The summed E-state index contributed by atoms with van der Waals surface area (Å²) in [5.74, 6) is -0.0510. The van der Waals surface area contributed by atoms with Crippen LogP contribution in [0.25, 0.3) is 0 Å². The molecule has 1 heterocycles. The molecule has 2 nitrogen and oxygen atoms in total. The molecule has 1 unspecified atom stereocenters. The van der Waals surface area contributed by atoms with Gasteiger partial charge in [0.05, 0.1) is 13.7 Å². The van der Waals surface area contributed by atoms with Crippen molar-refractivity contribution in [2.75, 3.05) is 13.7 Å². The molecule has 2 rings (SSSR count). The molecule has 3 heteroatoms. The largest absolute Gasteiger partial charge is 0.494 e. The molecule has 1 fully saturated rings. The molecular weight excluding hydrogens is 159 g/mol. The van der Waals surface area contributed by atoms with Gasteiger partial charge in [0, 0.05) is 0 Å². The Balaban J connectivity index is 2.33. The van der Waals surface area contributed by atoms with Gasteiger partial charge in [0.1, 0.15) is 6.10 Å². The maximum Gasteiger partial charge on any atom is 0.165 e. The van der Waals surface area contributed by atoms with Crippen molar-refractivity contribution in [1.82, 2.24) is 0 Å². The van der Waals surface area contributed by atoms with Crippen LogP contribution in [0.1, 0.15) is 11.7 Å². The van der Waals surface area contributed by atoms with Crippen molar-refractivity contribution in [1.29, 1.82) is 0 Å². The average molecular weight is 168 g/mol. The SMILES string of the molecule is COc1cc(C2CO2)ccc1F. The van der Waals surface area contributed by atoms with E-state index >= 15 is 0 Å². The van der Waals surface area contributed by atoms with Crippen molar-refractivity contribution in [2.24, 2.45) is 0 Å². The second-order valence-corrected chi connectivity index (χ2v) is 2.72. The molecule has 1 aromatic rings. The summed E-state index contributed by atoms with van der Waals surface area (Å²) in [5, 5.41) is 0. The Morgan fingerprint density at radius 2 is 2.33 bits per heavy atom. The number of hydrogen-bond donors (Lipinski definition) is 0. The van der Waals surface area contributed by atoms with Gasteiger partial charge in [0.25, 0.3) is 0 Å².